The molecule has 2 heterocycles. The van der Waals surface area contributed by atoms with Crippen molar-refractivity contribution in [2.45, 2.75) is 25.9 Å². The van der Waals surface area contributed by atoms with Crippen LogP contribution >= 0.6 is 0 Å². The number of nitrogens with zero attached hydrogens (tertiary/aromatic N) is 2. The number of esters is 1. The van der Waals surface area contributed by atoms with Gasteiger partial charge in [-0.2, -0.15) is 0 Å². The van der Waals surface area contributed by atoms with Crippen LogP contribution in [0.3, 0.4) is 0 Å². The van der Waals surface area contributed by atoms with Gasteiger partial charge < -0.3 is 14.4 Å². The maximum atomic E-state index is 11.8. The van der Waals surface area contributed by atoms with E-state index in [-0.39, 0.29) is 12.1 Å². The van der Waals surface area contributed by atoms with E-state index in [0.717, 1.165) is 25.9 Å². The van der Waals surface area contributed by atoms with Crippen LogP contribution in [-0.4, -0.2) is 43.9 Å². The SMILES string of the molecule is CCOC1CCCN(c2ncccc2C(=O)OC)C1. The van der Waals surface area contributed by atoms with Gasteiger partial charge in [-0.3, -0.25) is 0 Å². The van der Waals surface area contributed by atoms with E-state index >= 15 is 0 Å². The number of carbonyl (C=O) groups excluding carboxylic acids is 1. The smallest absolute Gasteiger partial charge is 0.341 e. The molecule has 0 saturated carbocycles. The zero-order valence-corrected chi connectivity index (χ0v) is 11.5. The Morgan fingerprint density at radius 3 is 3.16 bits per heavy atom. The fourth-order valence-corrected chi connectivity index (χ4v) is 2.42. The first-order valence-corrected chi connectivity index (χ1v) is 6.66. The summed E-state index contributed by atoms with van der Waals surface area (Å²) in [4.78, 5) is 18.2. The number of pyridine rings is 1. The minimum absolute atomic E-state index is 0.214. The van der Waals surface area contributed by atoms with Gasteiger partial charge in [0.2, 0.25) is 0 Å². The minimum Gasteiger partial charge on any atom is -0.465 e. The van der Waals surface area contributed by atoms with Gasteiger partial charge in [-0.15, -0.1) is 0 Å². The Morgan fingerprint density at radius 2 is 2.42 bits per heavy atom. The van der Waals surface area contributed by atoms with Crippen molar-refractivity contribution in [2.75, 3.05) is 31.7 Å². The predicted molar refractivity (Wildman–Crippen MR) is 72.4 cm³/mol. The molecule has 104 valence electrons. The van der Waals surface area contributed by atoms with Crippen LogP contribution < -0.4 is 4.90 Å². The van der Waals surface area contributed by atoms with Crippen LogP contribution in [0.1, 0.15) is 30.1 Å². The summed E-state index contributed by atoms with van der Waals surface area (Å²) in [6.45, 7) is 4.38. The van der Waals surface area contributed by atoms with Gasteiger partial charge in [0.25, 0.3) is 0 Å². The van der Waals surface area contributed by atoms with E-state index in [1.165, 1.54) is 7.11 Å². The number of rotatable bonds is 4. The molecule has 1 aliphatic rings. The zero-order chi connectivity index (χ0) is 13.7. The summed E-state index contributed by atoms with van der Waals surface area (Å²) in [6.07, 6.45) is 4.02. The summed E-state index contributed by atoms with van der Waals surface area (Å²) in [5.41, 5.74) is 0.516. The molecule has 1 saturated heterocycles. The second kappa shape index (κ2) is 6.52. The quantitative estimate of drug-likeness (QED) is 0.777. The zero-order valence-electron chi connectivity index (χ0n) is 11.5. The normalized spacial score (nSPS) is 19.3. The summed E-state index contributed by atoms with van der Waals surface area (Å²) in [5, 5.41) is 0. The third-order valence-electron chi connectivity index (χ3n) is 3.27. The molecular weight excluding hydrogens is 244 g/mol. The van der Waals surface area contributed by atoms with Gasteiger partial charge in [-0.1, -0.05) is 0 Å². The molecule has 1 atom stereocenters. The van der Waals surface area contributed by atoms with Crippen molar-refractivity contribution in [3.05, 3.63) is 23.9 Å². The van der Waals surface area contributed by atoms with Gasteiger partial charge in [0.15, 0.2) is 0 Å². The van der Waals surface area contributed by atoms with E-state index in [0.29, 0.717) is 18.0 Å². The van der Waals surface area contributed by atoms with Crippen molar-refractivity contribution in [3.8, 4) is 0 Å². The van der Waals surface area contributed by atoms with Gasteiger partial charge in [0, 0.05) is 25.9 Å². The Balaban J connectivity index is 2.19. The fourth-order valence-electron chi connectivity index (χ4n) is 2.42. The monoisotopic (exact) mass is 264 g/mol. The molecule has 1 unspecified atom stereocenters. The number of hydrogen-bond donors (Lipinski definition) is 0. The Morgan fingerprint density at radius 1 is 1.58 bits per heavy atom. The van der Waals surface area contributed by atoms with Crippen molar-refractivity contribution in [3.63, 3.8) is 0 Å². The molecule has 1 aromatic heterocycles. The molecule has 1 fully saturated rings. The molecule has 0 aromatic carbocycles. The molecule has 1 aliphatic heterocycles. The number of anilines is 1. The molecule has 1 aromatic rings. The van der Waals surface area contributed by atoms with Gasteiger partial charge in [0.1, 0.15) is 11.4 Å². The topological polar surface area (TPSA) is 51.7 Å². The lowest BCUT2D eigenvalue weighted by atomic mass is 10.1. The summed E-state index contributed by atoms with van der Waals surface area (Å²) < 4.78 is 10.5. The number of ether oxygens (including phenoxy) is 2. The molecule has 19 heavy (non-hydrogen) atoms. The van der Waals surface area contributed by atoms with Crippen molar-refractivity contribution < 1.29 is 14.3 Å². The van der Waals surface area contributed by atoms with Crippen LogP contribution in [0.25, 0.3) is 0 Å². The Bertz CT molecular complexity index is 434. The molecule has 5 heteroatoms. The highest BCUT2D eigenvalue weighted by Gasteiger charge is 2.24. The summed E-state index contributed by atoms with van der Waals surface area (Å²) in [6, 6.07) is 3.50. The average molecular weight is 264 g/mol. The van der Waals surface area contributed by atoms with E-state index in [2.05, 4.69) is 9.88 Å². The first-order chi connectivity index (χ1) is 9.26. The van der Waals surface area contributed by atoms with Gasteiger partial charge in [-0.05, 0) is 31.9 Å². The first kappa shape index (κ1) is 13.8. The number of methoxy groups -OCH3 is 1. The van der Waals surface area contributed by atoms with Crippen molar-refractivity contribution in [1.29, 1.82) is 0 Å². The summed E-state index contributed by atoms with van der Waals surface area (Å²) in [7, 11) is 1.39. The predicted octanol–water partition coefficient (Wildman–Crippen LogP) is 1.87. The van der Waals surface area contributed by atoms with E-state index in [9.17, 15) is 4.79 Å². The molecule has 0 bridgehead atoms. The Kier molecular flexibility index (Phi) is 4.74. The molecule has 5 nitrogen and oxygen atoms in total. The number of piperidine rings is 1. The third-order valence-corrected chi connectivity index (χ3v) is 3.27. The number of aromatic nitrogens is 1. The van der Waals surface area contributed by atoms with Crippen LogP contribution in [0.2, 0.25) is 0 Å². The molecule has 0 spiro atoms. The van der Waals surface area contributed by atoms with Crippen molar-refractivity contribution in [1.82, 2.24) is 4.98 Å². The molecule has 0 radical (unpaired) electrons. The third kappa shape index (κ3) is 3.23. The molecule has 2 rings (SSSR count). The average Bonchev–Trinajstić information content (AvgIpc) is 2.47. The van der Waals surface area contributed by atoms with Crippen molar-refractivity contribution >= 4 is 11.8 Å². The lowest BCUT2D eigenvalue weighted by Crippen LogP contribution is -2.40. The lowest BCUT2D eigenvalue weighted by molar-refractivity contribution is 0.0519. The van der Waals surface area contributed by atoms with Gasteiger partial charge in [-0.25, -0.2) is 9.78 Å². The van der Waals surface area contributed by atoms with E-state index < -0.39 is 0 Å². The van der Waals surface area contributed by atoms with E-state index in [1.807, 2.05) is 6.92 Å². The molecule has 0 aliphatic carbocycles. The van der Waals surface area contributed by atoms with Crippen LogP contribution in [0.5, 0.6) is 0 Å². The summed E-state index contributed by atoms with van der Waals surface area (Å²) in [5.74, 6) is 0.348. The fraction of sp³-hybridized carbons (Fsp3) is 0.571. The van der Waals surface area contributed by atoms with Crippen LogP contribution in [0.15, 0.2) is 18.3 Å². The van der Waals surface area contributed by atoms with E-state index in [1.54, 1.807) is 18.3 Å². The first-order valence-electron chi connectivity index (χ1n) is 6.66. The standard InChI is InChI=1S/C14H20N2O3/c1-3-19-11-6-5-9-16(10-11)13-12(14(17)18-2)7-4-8-15-13/h4,7-8,11H,3,5-6,9-10H2,1-2H3. The van der Waals surface area contributed by atoms with Crippen LogP contribution in [0, 0.1) is 0 Å². The summed E-state index contributed by atoms with van der Waals surface area (Å²) >= 11 is 0. The second-order valence-electron chi connectivity index (χ2n) is 4.53. The highest BCUT2D eigenvalue weighted by atomic mass is 16.5. The van der Waals surface area contributed by atoms with Crippen molar-refractivity contribution in [2.24, 2.45) is 0 Å². The number of carbonyl (C=O) groups is 1. The van der Waals surface area contributed by atoms with Gasteiger partial charge >= 0.3 is 5.97 Å². The minimum atomic E-state index is -0.346. The second-order valence-corrected chi connectivity index (χ2v) is 4.53. The number of hydrogen-bond acceptors (Lipinski definition) is 5. The Labute approximate surface area is 113 Å². The maximum Gasteiger partial charge on any atom is 0.341 e. The molecule has 0 N–H and O–H groups in total. The largest absolute Gasteiger partial charge is 0.465 e. The maximum absolute atomic E-state index is 11.8. The highest BCUT2D eigenvalue weighted by Crippen LogP contribution is 2.23. The van der Waals surface area contributed by atoms with Crippen LogP contribution in [-0.2, 0) is 9.47 Å². The molecular formula is C14H20N2O3. The Hall–Kier alpha value is -1.62. The van der Waals surface area contributed by atoms with Gasteiger partial charge in [0.05, 0.1) is 13.2 Å². The molecule has 0 amide bonds. The van der Waals surface area contributed by atoms with E-state index in [4.69, 9.17) is 9.47 Å². The lowest BCUT2D eigenvalue weighted by Gasteiger charge is -2.33. The highest BCUT2D eigenvalue weighted by molar-refractivity contribution is 5.94. The van der Waals surface area contributed by atoms with Crippen LogP contribution in [0.4, 0.5) is 5.82 Å².